The molecule has 0 spiro atoms. The quantitative estimate of drug-likeness (QED) is 0.235. The zero-order valence-electron chi connectivity index (χ0n) is 21.3. The van der Waals surface area contributed by atoms with E-state index < -0.39 is 0 Å². The Bertz CT molecular complexity index is 1890. The van der Waals surface area contributed by atoms with Crippen LogP contribution in [0.15, 0.2) is 84.9 Å². The number of carbonyl (C=O) groups is 2. The van der Waals surface area contributed by atoms with Crippen LogP contribution >= 0.6 is 0 Å². The molecule has 0 unspecified atom stereocenters. The fraction of sp³-hybridized carbons (Fsp3) is 0. The molecule has 2 aliphatic heterocycles. The van der Waals surface area contributed by atoms with Crippen molar-refractivity contribution in [2.24, 2.45) is 0 Å². The fourth-order valence-electron chi connectivity index (χ4n) is 5.31. The standard InChI is InChI=1S/C34H22N4O2/c39-19-23-25-11-12-26(35-25)24(20-40)28-14-16-30(37-28)34(22-9-5-2-6-10-22)32-18-17-31(38-32)33(21-7-3-1-4-8-21)29-15-13-27(23)36-29/h1-20,36-37H. The first-order valence-corrected chi connectivity index (χ1v) is 12.9. The van der Waals surface area contributed by atoms with Gasteiger partial charge in [0.1, 0.15) is 0 Å². The number of nitrogens with one attached hydrogen (secondary N) is 2. The summed E-state index contributed by atoms with van der Waals surface area (Å²) in [5, 5.41) is 0. The molecule has 0 atom stereocenters. The second kappa shape index (κ2) is 9.60. The molecule has 7 rings (SSSR count). The molecule has 0 fully saturated rings. The molecule has 0 saturated heterocycles. The van der Waals surface area contributed by atoms with Gasteiger partial charge in [0, 0.05) is 22.2 Å². The summed E-state index contributed by atoms with van der Waals surface area (Å²) in [7, 11) is 0. The zero-order chi connectivity index (χ0) is 27.1. The third-order valence-corrected chi connectivity index (χ3v) is 7.20. The lowest BCUT2D eigenvalue weighted by molar-refractivity contribution is 0.111. The Labute approximate surface area is 229 Å². The van der Waals surface area contributed by atoms with Crippen molar-refractivity contribution in [3.8, 4) is 22.3 Å². The molecule has 40 heavy (non-hydrogen) atoms. The lowest BCUT2D eigenvalue weighted by atomic mass is 10.0. The maximum absolute atomic E-state index is 12.3. The number of aromatic amines is 2. The van der Waals surface area contributed by atoms with Crippen LogP contribution in [0, 0.1) is 0 Å². The second-order valence-electron chi connectivity index (χ2n) is 9.55. The molecule has 5 aromatic rings. The number of hydrogen-bond donors (Lipinski definition) is 2. The minimum absolute atomic E-state index is 0.408. The van der Waals surface area contributed by atoms with E-state index in [1.54, 1.807) is 12.2 Å². The van der Waals surface area contributed by atoms with Gasteiger partial charge in [-0.2, -0.15) is 0 Å². The number of rotatable bonds is 4. The highest BCUT2D eigenvalue weighted by Gasteiger charge is 2.17. The number of aldehydes is 2. The molecule has 190 valence electrons. The van der Waals surface area contributed by atoms with E-state index in [4.69, 9.17) is 4.98 Å². The van der Waals surface area contributed by atoms with Gasteiger partial charge in [0.2, 0.25) is 0 Å². The maximum atomic E-state index is 12.3. The van der Waals surface area contributed by atoms with Gasteiger partial charge in [-0.05, 0) is 59.7 Å². The van der Waals surface area contributed by atoms with Crippen molar-refractivity contribution in [3.05, 3.63) is 119 Å². The summed E-state index contributed by atoms with van der Waals surface area (Å²) in [6, 6.07) is 27.8. The highest BCUT2D eigenvalue weighted by Crippen LogP contribution is 2.34. The van der Waals surface area contributed by atoms with Crippen LogP contribution in [-0.2, 0) is 0 Å². The Morgan fingerprint density at radius 1 is 0.450 bits per heavy atom. The van der Waals surface area contributed by atoms with Gasteiger partial charge in [-0.3, -0.25) is 9.59 Å². The van der Waals surface area contributed by atoms with Gasteiger partial charge in [0.25, 0.3) is 0 Å². The van der Waals surface area contributed by atoms with Crippen molar-refractivity contribution in [2.45, 2.75) is 0 Å². The van der Waals surface area contributed by atoms with Crippen molar-refractivity contribution >= 4 is 58.9 Å². The topological polar surface area (TPSA) is 91.5 Å². The van der Waals surface area contributed by atoms with Gasteiger partial charge in [0.05, 0.1) is 44.9 Å². The van der Waals surface area contributed by atoms with Crippen molar-refractivity contribution in [2.75, 3.05) is 0 Å². The average molecular weight is 519 g/mol. The maximum Gasteiger partial charge on any atom is 0.154 e. The van der Waals surface area contributed by atoms with E-state index in [1.807, 2.05) is 97.1 Å². The molecular formula is C34H22N4O2. The van der Waals surface area contributed by atoms with E-state index in [0.717, 1.165) is 57.2 Å². The van der Waals surface area contributed by atoms with Crippen LogP contribution in [0.25, 0.3) is 68.6 Å². The van der Waals surface area contributed by atoms with Gasteiger partial charge in [-0.25, -0.2) is 9.97 Å². The minimum Gasteiger partial charge on any atom is -0.354 e. The van der Waals surface area contributed by atoms with Crippen LogP contribution in [0.4, 0.5) is 0 Å². The molecule has 0 radical (unpaired) electrons. The van der Waals surface area contributed by atoms with Crippen molar-refractivity contribution in [3.63, 3.8) is 0 Å². The van der Waals surface area contributed by atoms with Crippen LogP contribution in [0.5, 0.6) is 0 Å². The van der Waals surface area contributed by atoms with Crippen molar-refractivity contribution in [1.29, 1.82) is 0 Å². The first-order chi connectivity index (χ1) is 19.7. The van der Waals surface area contributed by atoms with Crippen molar-refractivity contribution in [1.82, 2.24) is 19.9 Å². The monoisotopic (exact) mass is 518 g/mol. The number of nitrogens with zero attached hydrogens (tertiary/aromatic N) is 2. The van der Waals surface area contributed by atoms with E-state index in [9.17, 15) is 9.59 Å². The largest absolute Gasteiger partial charge is 0.354 e. The minimum atomic E-state index is 0.408. The predicted molar refractivity (Wildman–Crippen MR) is 161 cm³/mol. The molecule has 6 heteroatoms. The highest BCUT2D eigenvalue weighted by molar-refractivity contribution is 6.00. The van der Waals surface area contributed by atoms with E-state index in [-0.39, 0.29) is 0 Å². The molecule has 8 bridgehead atoms. The van der Waals surface area contributed by atoms with E-state index in [2.05, 4.69) is 15.0 Å². The molecule has 0 saturated carbocycles. The molecule has 0 aliphatic carbocycles. The first kappa shape index (κ1) is 23.5. The van der Waals surface area contributed by atoms with Crippen LogP contribution in [0.1, 0.15) is 43.5 Å². The Morgan fingerprint density at radius 2 is 0.825 bits per heavy atom. The lowest BCUT2D eigenvalue weighted by Crippen LogP contribution is -1.91. The summed E-state index contributed by atoms with van der Waals surface area (Å²) >= 11 is 0. The Morgan fingerprint density at radius 3 is 1.25 bits per heavy atom. The smallest absolute Gasteiger partial charge is 0.154 e. The predicted octanol–water partition coefficient (Wildman–Crippen LogP) is 7.61. The lowest BCUT2D eigenvalue weighted by Gasteiger charge is -2.05. The van der Waals surface area contributed by atoms with Crippen molar-refractivity contribution < 1.29 is 9.59 Å². The molecule has 2 aliphatic rings. The molecule has 3 aromatic heterocycles. The summed E-state index contributed by atoms with van der Waals surface area (Å²) in [4.78, 5) is 41.2. The molecule has 2 N–H and O–H groups in total. The third kappa shape index (κ3) is 3.90. The summed E-state index contributed by atoms with van der Waals surface area (Å²) in [6.07, 6.45) is 9.14. The van der Waals surface area contributed by atoms with Gasteiger partial charge < -0.3 is 9.97 Å². The van der Waals surface area contributed by atoms with Crippen LogP contribution in [0.3, 0.4) is 0 Å². The Kier molecular flexibility index (Phi) is 5.64. The summed E-state index contributed by atoms with van der Waals surface area (Å²) in [5.41, 5.74) is 10.1. The molecule has 5 heterocycles. The van der Waals surface area contributed by atoms with Crippen LogP contribution in [0.2, 0.25) is 0 Å². The van der Waals surface area contributed by atoms with Crippen LogP contribution < -0.4 is 0 Å². The molecule has 6 nitrogen and oxygen atoms in total. The van der Waals surface area contributed by atoms with Gasteiger partial charge in [-0.1, -0.05) is 60.7 Å². The summed E-state index contributed by atoms with van der Waals surface area (Å²) in [6.45, 7) is 0. The number of aromatic nitrogens is 4. The molecule has 0 amide bonds. The SMILES string of the molecule is O=Cc1c2nc(c(C=O)c3ccc([nH]3)c(-c3ccccc3)c3nc(c(-c4ccccc4)c4ccc1[nH]4)C=C3)C=C2. The average Bonchev–Trinajstić information content (AvgIpc) is 3.81. The number of benzene rings is 2. The Hall–Kier alpha value is -5.62. The molecular weight excluding hydrogens is 496 g/mol. The third-order valence-electron chi connectivity index (χ3n) is 7.20. The normalized spacial score (nSPS) is 12.0. The number of hydrogen-bond acceptors (Lipinski definition) is 4. The molecule has 2 aromatic carbocycles. The fourth-order valence-corrected chi connectivity index (χ4v) is 5.31. The first-order valence-electron chi connectivity index (χ1n) is 12.9. The zero-order valence-corrected chi connectivity index (χ0v) is 21.3. The Balaban J connectivity index is 1.70. The number of H-pyrrole nitrogens is 2. The van der Waals surface area contributed by atoms with Gasteiger partial charge >= 0.3 is 0 Å². The highest BCUT2D eigenvalue weighted by atomic mass is 16.1. The van der Waals surface area contributed by atoms with Gasteiger partial charge in [0.15, 0.2) is 12.6 Å². The van der Waals surface area contributed by atoms with Crippen LogP contribution in [-0.4, -0.2) is 32.5 Å². The van der Waals surface area contributed by atoms with E-state index >= 15 is 0 Å². The number of fused-ring (bicyclic) bond motifs is 8. The second-order valence-corrected chi connectivity index (χ2v) is 9.55. The number of carbonyl (C=O) groups excluding carboxylic acids is 2. The van der Waals surface area contributed by atoms with E-state index in [0.29, 0.717) is 33.5 Å². The van der Waals surface area contributed by atoms with E-state index in [1.165, 1.54) is 0 Å². The summed E-state index contributed by atoms with van der Waals surface area (Å²) in [5.74, 6) is 0. The summed E-state index contributed by atoms with van der Waals surface area (Å²) < 4.78 is 0. The van der Waals surface area contributed by atoms with Gasteiger partial charge in [-0.15, -0.1) is 0 Å².